The van der Waals surface area contributed by atoms with Gasteiger partial charge in [-0.15, -0.1) is 0 Å². The van der Waals surface area contributed by atoms with Crippen LogP contribution in [0.15, 0.2) is 22.1 Å². The molecule has 9 heteroatoms. The number of halogens is 3. The molecule has 167 valence electrons. The molecule has 2 aliphatic carbocycles. The molecule has 2 heterocycles. The van der Waals surface area contributed by atoms with E-state index in [1.165, 1.54) is 43.5 Å². The first-order chi connectivity index (χ1) is 14.7. The molecule has 0 radical (unpaired) electrons. The van der Waals surface area contributed by atoms with Gasteiger partial charge >= 0.3 is 33.3 Å². The molecular formula is C21H30Cl3MnN5. The average Bonchev–Trinajstić information content (AvgIpc) is 2.75. The molecule has 30 heavy (non-hydrogen) atoms. The van der Waals surface area contributed by atoms with Crippen LogP contribution in [-0.4, -0.2) is 41.6 Å². The van der Waals surface area contributed by atoms with Gasteiger partial charge in [0.15, 0.2) is 0 Å². The van der Waals surface area contributed by atoms with Crippen LogP contribution < -0.4 is 10.6 Å². The average molecular weight is 514 g/mol. The van der Waals surface area contributed by atoms with Gasteiger partial charge in [-0.1, -0.05) is 24.4 Å². The van der Waals surface area contributed by atoms with Crippen molar-refractivity contribution in [2.75, 3.05) is 13.1 Å². The zero-order chi connectivity index (χ0) is 21.2. The Labute approximate surface area is 199 Å². The van der Waals surface area contributed by atoms with Crippen molar-refractivity contribution in [1.29, 1.82) is 0 Å². The van der Waals surface area contributed by atoms with Gasteiger partial charge in [-0.05, 0) is 50.7 Å². The van der Waals surface area contributed by atoms with E-state index < -0.39 is 0 Å². The Kier molecular flexibility index (Phi) is 10.9. The third-order valence-electron chi connectivity index (χ3n) is 5.84. The first kappa shape index (κ1) is 24.4. The fourth-order valence-electron chi connectivity index (χ4n) is 4.44. The number of aliphatic imine (C=N–C) groups is 2. The van der Waals surface area contributed by atoms with Crippen LogP contribution in [0.1, 0.15) is 62.8 Å². The van der Waals surface area contributed by atoms with Crippen LogP contribution in [0, 0.1) is 0 Å². The van der Waals surface area contributed by atoms with Crippen molar-refractivity contribution < 1.29 is 13.1 Å². The van der Waals surface area contributed by atoms with E-state index in [-0.39, 0.29) is 13.1 Å². The molecule has 0 spiro atoms. The summed E-state index contributed by atoms with van der Waals surface area (Å²) in [5.74, 6) is 0. The predicted octanol–water partition coefficient (Wildman–Crippen LogP) is 5.07. The van der Waals surface area contributed by atoms with E-state index in [9.17, 15) is 0 Å². The van der Waals surface area contributed by atoms with E-state index in [0.717, 1.165) is 55.3 Å². The fourth-order valence-corrected chi connectivity index (χ4v) is 4.69. The van der Waals surface area contributed by atoms with Crippen LogP contribution in [0.25, 0.3) is 0 Å². The summed E-state index contributed by atoms with van der Waals surface area (Å²) >= 11 is 6.37. The minimum absolute atomic E-state index is 0.00694. The summed E-state index contributed by atoms with van der Waals surface area (Å²) in [6.45, 7) is 3.13. The Bertz CT molecular complexity index is 743. The van der Waals surface area contributed by atoms with E-state index >= 15 is 0 Å². The summed E-state index contributed by atoms with van der Waals surface area (Å²) in [6.07, 6.45) is 9.57. The van der Waals surface area contributed by atoms with Crippen molar-refractivity contribution in [3.05, 3.63) is 28.5 Å². The number of rotatable bonds is 0. The maximum atomic E-state index is 6.36. The normalized spacial score (nSPS) is 25.2. The second kappa shape index (κ2) is 13.4. The SMILES string of the molecule is Clc1cc2nc(c1)CN[C@@H]1CCCCC1=NCCNC1CCCCC1=NC2.[Cl][Mn][Cl]. The Hall–Kier alpha value is -0.201. The monoisotopic (exact) mass is 512 g/mol. The zero-order valence-electron chi connectivity index (χ0n) is 17.1. The zero-order valence-corrected chi connectivity index (χ0v) is 20.6. The summed E-state index contributed by atoms with van der Waals surface area (Å²) in [7, 11) is 9.59. The Morgan fingerprint density at radius 1 is 0.867 bits per heavy atom. The van der Waals surface area contributed by atoms with Crippen LogP contribution in [-0.2, 0) is 26.2 Å². The molecule has 2 atom stereocenters. The molecule has 0 amide bonds. The molecule has 2 saturated carbocycles. The van der Waals surface area contributed by atoms with Crippen molar-refractivity contribution in [1.82, 2.24) is 15.6 Å². The topological polar surface area (TPSA) is 61.7 Å². The number of nitrogens with zero attached hydrogens (tertiary/aromatic N) is 3. The summed E-state index contributed by atoms with van der Waals surface area (Å²) in [4.78, 5) is 14.7. The van der Waals surface area contributed by atoms with Crippen molar-refractivity contribution in [3.8, 4) is 0 Å². The first-order valence-electron chi connectivity index (χ1n) is 10.7. The molecule has 4 rings (SSSR count). The van der Waals surface area contributed by atoms with E-state index in [2.05, 4.69) is 10.6 Å². The summed E-state index contributed by atoms with van der Waals surface area (Å²) < 4.78 is 0. The quantitative estimate of drug-likeness (QED) is 0.476. The molecule has 1 unspecified atom stereocenters. The van der Waals surface area contributed by atoms with Gasteiger partial charge in [0.2, 0.25) is 0 Å². The standard InChI is InChI=1S/C21H30ClN5.2ClH.Mn/c22-15-11-16-13-25-20-7-3-1-5-18(20)23-9-10-24-19-6-2-4-8-21(19)26-14-17(12-15)27-16;;;/h11-12,18,21,23,26H,1-10,13-14H2;2*1H;/q;;;+2/p-2/t18?,21-;;;/m1.../s1. The third-order valence-corrected chi connectivity index (χ3v) is 6.06. The van der Waals surface area contributed by atoms with Crippen LogP contribution >= 0.6 is 31.8 Å². The molecule has 2 bridgehead atoms. The van der Waals surface area contributed by atoms with E-state index in [1.54, 1.807) is 0 Å². The van der Waals surface area contributed by atoms with Crippen molar-refractivity contribution in [3.63, 3.8) is 0 Å². The molecule has 2 N–H and O–H groups in total. The molecule has 2 fully saturated rings. The van der Waals surface area contributed by atoms with Crippen LogP contribution in [0.3, 0.4) is 0 Å². The van der Waals surface area contributed by atoms with Crippen molar-refractivity contribution in [2.24, 2.45) is 9.98 Å². The van der Waals surface area contributed by atoms with Crippen molar-refractivity contribution >= 4 is 43.2 Å². The predicted molar refractivity (Wildman–Crippen MR) is 124 cm³/mol. The Balaban J connectivity index is 0.000000806. The van der Waals surface area contributed by atoms with Gasteiger partial charge in [0, 0.05) is 41.6 Å². The second-order valence-electron chi connectivity index (χ2n) is 7.93. The van der Waals surface area contributed by atoms with Crippen LogP contribution in [0.2, 0.25) is 5.02 Å². The van der Waals surface area contributed by atoms with E-state index in [0.29, 0.717) is 18.6 Å². The molecule has 0 aromatic carbocycles. The number of hydrogen-bond acceptors (Lipinski definition) is 5. The van der Waals surface area contributed by atoms with E-state index in [4.69, 9.17) is 46.8 Å². The molecular weight excluding hydrogens is 484 g/mol. The number of pyridine rings is 1. The molecule has 5 nitrogen and oxygen atoms in total. The van der Waals surface area contributed by atoms with E-state index in [1.807, 2.05) is 12.1 Å². The summed E-state index contributed by atoms with van der Waals surface area (Å²) in [6, 6.07) is 4.68. The number of fused-ring (bicyclic) bond motifs is 4. The Morgan fingerprint density at radius 3 is 2.23 bits per heavy atom. The molecule has 1 aliphatic heterocycles. The Morgan fingerprint density at radius 2 is 1.50 bits per heavy atom. The summed E-state index contributed by atoms with van der Waals surface area (Å²) in [5.41, 5.74) is 4.58. The molecule has 1 aromatic heterocycles. The van der Waals surface area contributed by atoms with Crippen LogP contribution in [0.5, 0.6) is 0 Å². The number of nitrogens with one attached hydrogen (secondary N) is 2. The fraction of sp³-hybridized carbons (Fsp3) is 0.667. The molecule has 3 aliphatic rings. The van der Waals surface area contributed by atoms with Crippen molar-refractivity contribution in [2.45, 2.75) is 76.5 Å². The summed E-state index contributed by atoms with van der Waals surface area (Å²) in [5, 5.41) is 8.12. The van der Waals surface area contributed by atoms with Gasteiger partial charge in [-0.25, -0.2) is 0 Å². The minimum atomic E-state index is 0.00694. The van der Waals surface area contributed by atoms with Crippen LogP contribution in [0.4, 0.5) is 0 Å². The number of hydrogen-bond donors (Lipinski definition) is 2. The third kappa shape index (κ3) is 7.74. The first-order valence-corrected chi connectivity index (χ1v) is 14.4. The second-order valence-corrected chi connectivity index (χ2v) is 10.3. The van der Waals surface area contributed by atoms with Gasteiger partial charge in [0.25, 0.3) is 0 Å². The number of aromatic nitrogens is 1. The molecule has 1 aromatic rings. The van der Waals surface area contributed by atoms with Gasteiger partial charge in [-0.3, -0.25) is 15.0 Å². The van der Waals surface area contributed by atoms with Gasteiger partial charge in [-0.2, -0.15) is 0 Å². The maximum absolute atomic E-state index is 6.36. The van der Waals surface area contributed by atoms with Gasteiger partial charge in [0.05, 0.1) is 24.5 Å². The molecule has 0 saturated heterocycles. The van der Waals surface area contributed by atoms with Gasteiger partial charge in [0.1, 0.15) is 0 Å². The van der Waals surface area contributed by atoms with Gasteiger partial charge < -0.3 is 10.6 Å².